The van der Waals surface area contributed by atoms with Crippen molar-refractivity contribution in [2.75, 3.05) is 13.2 Å². The largest absolute Gasteiger partial charge is 0.428 e. The summed E-state index contributed by atoms with van der Waals surface area (Å²) in [4.78, 5) is 12.4. The fourth-order valence-corrected chi connectivity index (χ4v) is 4.30. The lowest BCUT2D eigenvalue weighted by Crippen LogP contribution is -2.33. The molecule has 0 saturated carbocycles. The topological polar surface area (TPSA) is 76.0 Å². The molecule has 0 radical (unpaired) electrons. The van der Waals surface area contributed by atoms with Gasteiger partial charge in [-0.25, -0.2) is 4.79 Å². The summed E-state index contributed by atoms with van der Waals surface area (Å²) in [6, 6.07) is 0. The van der Waals surface area contributed by atoms with E-state index < -0.39 is 12.4 Å². The van der Waals surface area contributed by atoms with E-state index in [1.54, 1.807) is 13.0 Å². The van der Waals surface area contributed by atoms with Crippen LogP contribution in [0.5, 0.6) is 0 Å². The first-order chi connectivity index (χ1) is 12.7. The number of cyclic esters (lactones) is 1. The summed E-state index contributed by atoms with van der Waals surface area (Å²) in [6.45, 7) is 12.5. The van der Waals surface area contributed by atoms with Crippen LogP contribution in [0.4, 0.5) is 0 Å². The zero-order chi connectivity index (χ0) is 20.2. The van der Waals surface area contributed by atoms with Gasteiger partial charge in [0.25, 0.3) is 0 Å². The van der Waals surface area contributed by atoms with Crippen LogP contribution in [-0.4, -0.2) is 41.8 Å². The molecule has 27 heavy (non-hydrogen) atoms. The highest BCUT2D eigenvalue weighted by atomic mass is 16.7. The molecular weight excluding hydrogens is 344 g/mol. The Balaban J connectivity index is 1.98. The van der Waals surface area contributed by atoms with Gasteiger partial charge >= 0.3 is 5.97 Å². The van der Waals surface area contributed by atoms with Crippen molar-refractivity contribution in [1.29, 1.82) is 0 Å². The lowest BCUT2D eigenvalue weighted by Gasteiger charge is -2.39. The molecule has 3 unspecified atom stereocenters. The van der Waals surface area contributed by atoms with Gasteiger partial charge in [0.2, 0.25) is 6.29 Å². The molecule has 2 aliphatic rings. The normalized spacial score (nSPS) is 26.0. The van der Waals surface area contributed by atoms with E-state index >= 15 is 0 Å². The van der Waals surface area contributed by atoms with Crippen LogP contribution in [-0.2, 0) is 14.3 Å². The molecule has 152 valence electrons. The minimum absolute atomic E-state index is 0.0456. The predicted molar refractivity (Wildman–Crippen MR) is 105 cm³/mol. The minimum Gasteiger partial charge on any atom is -0.428 e. The molecule has 2 N–H and O–H groups in total. The number of hydrogen-bond acceptors (Lipinski definition) is 5. The van der Waals surface area contributed by atoms with Crippen LogP contribution in [0.25, 0.3) is 0 Å². The summed E-state index contributed by atoms with van der Waals surface area (Å²) in [5.41, 5.74) is 3.29. The third-order valence-electron chi connectivity index (χ3n) is 5.84. The highest BCUT2D eigenvalue weighted by Gasteiger charge is 2.48. The number of hydrogen-bond donors (Lipinski definition) is 2. The van der Waals surface area contributed by atoms with Gasteiger partial charge in [-0.3, -0.25) is 0 Å². The van der Waals surface area contributed by atoms with Crippen LogP contribution < -0.4 is 0 Å². The molecule has 5 nitrogen and oxygen atoms in total. The first kappa shape index (κ1) is 21.9. The molecule has 0 amide bonds. The summed E-state index contributed by atoms with van der Waals surface area (Å²) in [6.07, 6.45) is 4.59. The van der Waals surface area contributed by atoms with Gasteiger partial charge in [0.15, 0.2) is 0 Å². The van der Waals surface area contributed by atoms with Crippen LogP contribution in [0.2, 0.25) is 0 Å². The highest BCUT2D eigenvalue weighted by Crippen LogP contribution is 2.51. The zero-order valence-corrected chi connectivity index (χ0v) is 17.1. The molecule has 1 aliphatic heterocycles. The van der Waals surface area contributed by atoms with Gasteiger partial charge in [0, 0.05) is 17.8 Å². The van der Waals surface area contributed by atoms with Gasteiger partial charge in [-0.15, -0.1) is 0 Å². The molecule has 0 bridgehead atoms. The number of carbonyl (C=O) groups excluding carboxylic acids is 1. The van der Waals surface area contributed by atoms with E-state index in [-0.39, 0.29) is 18.0 Å². The van der Waals surface area contributed by atoms with E-state index in [1.165, 1.54) is 0 Å². The predicted octanol–water partition coefficient (Wildman–Crippen LogP) is 3.66. The second-order valence-corrected chi connectivity index (χ2v) is 8.28. The lowest BCUT2D eigenvalue weighted by molar-refractivity contribution is -0.159. The fourth-order valence-electron chi connectivity index (χ4n) is 4.30. The molecule has 0 fully saturated rings. The van der Waals surface area contributed by atoms with Crippen molar-refractivity contribution in [3.8, 4) is 0 Å². The van der Waals surface area contributed by atoms with E-state index in [9.17, 15) is 9.90 Å². The number of aliphatic hydroxyl groups is 2. The molecule has 3 atom stereocenters. The minimum atomic E-state index is -0.616. The van der Waals surface area contributed by atoms with Crippen molar-refractivity contribution in [2.24, 2.45) is 11.3 Å². The highest BCUT2D eigenvalue weighted by molar-refractivity contribution is 5.93. The Morgan fingerprint density at radius 3 is 2.81 bits per heavy atom. The van der Waals surface area contributed by atoms with Gasteiger partial charge < -0.3 is 19.7 Å². The molecule has 1 aliphatic carbocycles. The molecule has 0 spiro atoms. The van der Waals surface area contributed by atoms with Crippen LogP contribution in [0.3, 0.4) is 0 Å². The zero-order valence-electron chi connectivity index (χ0n) is 17.1. The monoisotopic (exact) mass is 378 g/mol. The van der Waals surface area contributed by atoms with Crippen molar-refractivity contribution < 1.29 is 24.5 Å². The van der Waals surface area contributed by atoms with Crippen molar-refractivity contribution in [1.82, 2.24) is 0 Å². The number of aliphatic hydroxyl groups excluding tert-OH is 2. The Bertz CT molecular complexity index is 629. The molecule has 1 heterocycles. The number of carbonyl (C=O) groups is 1. The summed E-state index contributed by atoms with van der Waals surface area (Å²) >= 11 is 0. The molecule has 0 aromatic heterocycles. The standard InChI is InChI=1S/C22H34O5/c1-6-26-21-18-10-9-16(22(4,5)19(18)20(25)27-21)8-7-14(2)11-17(24)12-15(3)13-23/h12,16-17,21,23-24H,2,6-11,13H2,1,3-5H3. The molecule has 0 aromatic rings. The summed E-state index contributed by atoms with van der Waals surface area (Å²) in [7, 11) is 0. The van der Waals surface area contributed by atoms with Crippen molar-refractivity contribution >= 4 is 5.97 Å². The molecular formula is C22H34O5. The second-order valence-electron chi connectivity index (χ2n) is 8.28. The number of esters is 1. The Morgan fingerprint density at radius 1 is 1.48 bits per heavy atom. The van der Waals surface area contributed by atoms with E-state index in [4.69, 9.17) is 14.6 Å². The van der Waals surface area contributed by atoms with Crippen molar-refractivity contribution in [2.45, 2.75) is 72.2 Å². The van der Waals surface area contributed by atoms with Gasteiger partial charge in [-0.05, 0) is 62.9 Å². The summed E-state index contributed by atoms with van der Waals surface area (Å²) in [5, 5.41) is 19.1. The molecule has 5 heteroatoms. The average Bonchev–Trinajstić information content (AvgIpc) is 2.90. The van der Waals surface area contributed by atoms with E-state index in [2.05, 4.69) is 20.4 Å². The molecule has 0 saturated heterocycles. The van der Waals surface area contributed by atoms with E-state index in [0.717, 1.165) is 48.0 Å². The Labute approximate surface area is 162 Å². The van der Waals surface area contributed by atoms with Gasteiger partial charge in [0.05, 0.1) is 12.7 Å². The third-order valence-corrected chi connectivity index (χ3v) is 5.84. The van der Waals surface area contributed by atoms with Crippen LogP contribution in [0.1, 0.15) is 59.8 Å². The SMILES string of the molecule is C=C(CCC1CCC2=C(C(=O)OC2OCC)C1(C)C)CC(O)C=C(C)CO. The second kappa shape index (κ2) is 9.18. The first-order valence-corrected chi connectivity index (χ1v) is 9.89. The number of rotatable bonds is 9. The van der Waals surface area contributed by atoms with Gasteiger partial charge in [0.1, 0.15) is 0 Å². The summed E-state index contributed by atoms with van der Waals surface area (Å²) < 4.78 is 11.0. The quantitative estimate of drug-likeness (QED) is 0.473. The van der Waals surface area contributed by atoms with Crippen LogP contribution in [0, 0.1) is 11.3 Å². The van der Waals surface area contributed by atoms with Gasteiger partial charge in [-0.2, -0.15) is 0 Å². The fraction of sp³-hybridized carbons (Fsp3) is 0.682. The van der Waals surface area contributed by atoms with E-state index in [1.807, 2.05) is 6.92 Å². The smallest absolute Gasteiger partial charge is 0.337 e. The van der Waals surface area contributed by atoms with Crippen LogP contribution in [0.15, 0.2) is 34.9 Å². The van der Waals surface area contributed by atoms with E-state index in [0.29, 0.717) is 18.9 Å². The Hall–Kier alpha value is -1.43. The molecule has 2 rings (SSSR count). The first-order valence-electron chi connectivity index (χ1n) is 9.89. The maximum atomic E-state index is 12.4. The Kier molecular flexibility index (Phi) is 7.43. The average molecular weight is 379 g/mol. The third kappa shape index (κ3) is 5.09. The molecule has 0 aromatic carbocycles. The van der Waals surface area contributed by atoms with Gasteiger partial charge in [-0.1, -0.05) is 32.1 Å². The number of ether oxygens (including phenoxy) is 2. The Morgan fingerprint density at radius 2 is 2.19 bits per heavy atom. The summed E-state index contributed by atoms with van der Waals surface area (Å²) in [5.74, 6) is 0.116. The maximum absolute atomic E-state index is 12.4. The maximum Gasteiger partial charge on any atom is 0.337 e. The van der Waals surface area contributed by atoms with Crippen LogP contribution >= 0.6 is 0 Å². The lowest BCUT2D eigenvalue weighted by atomic mass is 9.64. The van der Waals surface area contributed by atoms with Crippen molar-refractivity contribution in [3.63, 3.8) is 0 Å². The van der Waals surface area contributed by atoms with Crippen molar-refractivity contribution in [3.05, 3.63) is 34.9 Å².